The highest BCUT2D eigenvalue weighted by Crippen LogP contribution is 2.33. The average Bonchev–Trinajstić information content (AvgIpc) is 2.53. The Labute approximate surface area is 120 Å². The van der Waals surface area contributed by atoms with Crippen molar-refractivity contribution in [3.8, 4) is 5.75 Å². The molecule has 1 aliphatic rings. The van der Waals surface area contributed by atoms with E-state index in [9.17, 15) is 0 Å². The van der Waals surface area contributed by atoms with Gasteiger partial charge in [0.15, 0.2) is 0 Å². The molecular formula is C18H21NO. The number of hydrogen-bond donors (Lipinski definition) is 1. The van der Waals surface area contributed by atoms with Gasteiger partial charge in [-0.05, 0) is 54.0 Å². The molecule has 0 aliphatic heterocycles. The van der Waals surface area contributed by atoms with Crippen LogP contribution in [0.4, 0.5) is 0 Å². The fourth-order valence-electron chi connectivity index (χ4n) is 3.15. The van der Waals surface area contributed by atoms with Crippen molar-refractivity contribution in [2.45, 2.75) is 25.3 Å². The fourth-order valence-corrected chi connectivity index (χ4v) is 3.15. The van der Waals surface area contributed by atoms with E-state index >= 15 is 0 Å². The summed E-state index contributed by atoms with van der Waals surface area (Å²) < 4.78 is 5.29. The van der Waals surface area contributed by atoms with E-state index in [0.29, 0.717) is 5.92 Å². The Morgan fingerprint density at radius 2 is 1.90 bits per heavy atom. The lowest BCUT2D eigenvalue weighted by Crippen LogP contribution is -2.27. The van der Waals surface area contributed by atoms with E-state index in [-0.39, 0.29) is 6.04 Å². The Balaban J connectivity index is 1.80. The van der Waals surface area contributed by atoms with E-state index in [1.807, 2.05) is 12.1 Å². The summed E-state index contributed by atoms with van der Waals surface area (Å²) >= 11 is 0. The summed E-state index contributed by atoms with van der Waals surface area (Å²) in [5, 5.41) is 0. The van der Waals surface area contributed by atoms with Crippen LogP contribution in [0, 0.1) is 5.92 Å². The minimum Gasteiger partial charge on any atom is -0.497 e. The van der Waals surface area contributed by atoms with Crippen LogP contribution in [0.1, 0.15) is 29.2 Å². The lowest BCUT2D eigenvalue weighted by atomic mass is 9.78. The molecule has 2 N–H and O–H groups in total. The van der Waals surface area contributed by atoms with Gasteiger partial charge >= 0.3 is 0 Å². The largest absolute Gasteiger partial charge is 0.497 e. The quantitative estimate of drug-likeness (QED) is 0.923. The zero-order valence-corrected chi connectivity index (χ0v) is 11.9. The Kier molecular flexibility index (Phi) is 3.75. The van der Waals surface area contributed by atoms with Crippen molar-refractivity contribution < 1.29 is 4.74 Å². The van der Waals surface area contributed by atoms with Crippen molar-refractivity contribution in [2.24, 2.45) is 11.7 Å². The molecule has 2 aromatic carbocycles. The van der Waals surface area contributed by atoms with Gasteiger partial charge in [0.25, 0.3) is 0 Å². The molecular weight excluding hydrogens is 246 g/mol. The molecule has 2 aromatic rings. The number of benzene rings is 2. The van der Waals surface area contributed by atoms with Crippen LogP contribution < -0.4 is 10.5 Å². The van der Waals surface area contributed by atoms with E-state index in [0.717, 1.165) is 25.0 Å². The van der Waals surface area contributed by atoms with Gasteiger partial charge in [0, 0.05) is 6.04 Å². The topological polar surface area (TPSA) is 35.2 Å². The van der Waals surface area contributed by atoms with E-state index in [2.05, 4.69) is 36.4 Å². The monoisotopic (exact) mass is 267 g/mol. The molecule has 0 amide bonds. The van der Waals surface area contributed by atoms with Crippen molar-refractivity contribution in [3.05, 3.63) is 65.2 Å². The van der Waals surface area contributed by atoms with Crippen molar-refractivity contribution in [2.75, 3.05) is 7.11 Å². The molecule has 0 bridgehead atoms. The standard InChI is InChI=1S/C18H21NO/c1-20-17-8-4-7-15(12-17)18(19)16-10-9-13-5-2-3-6-14(13)11-16/h2-8,12,16,18H,9-11,19H2,1H3. The van der Waals surface area contributed by atoms with Crippen LogP contribution in [0.5, 0.6) is 5.75 Å². The summed E-state index contributed by atoms with van der Waals surface area (Å²) in [5.74, 6) is 1.39. The summed E-state index contributed by atoms with van der Waals surface area (Å²) in [7, 11) is 1.70. The van der Waals surface area contributed by atoms with Crippen LogP contribution in [0.3, 0.4) is 0 Å². The molecule has 0 spiro atoms. The summed E-state index contributed by atoms with van der Waals surface area (Å²) in [6.07, 6.45) is 3.38. The van der Waals surface area contributed by atoms with E-state index in [4.69, 9.17) is 10.5 Å². The Morgan fingerprint density at radius 3 is 2.70 bits per heavy atom. The third-order valence-corrected chi connectivity index (χ3v) is 4.37. The van der Waals surface area contributed by atoms with Gasteiger partial charge in [-0.3, -0.25) is 0 Å². The molecule has 104 valence electrons. The molecule has 2 unspecified atom stereocenters. The van der Waals surface area contributed by atoms with E-state index in [1.165, 1.54) is 16.7 Å². The SMILES string of the molecule is COc1cccc(C(N)C2CCc3ccccc3C2)c1. The first-order valence-electron chi connectivity index (χ1n) is 7.24. The maximum Gasteiger partial charge on any atom is 0.119 e. The minimum absolute atomic E-state index is 0.0819. The molecule has 2 heteroatoms. The number of ether oxygens (including phenoxy) is 1. The van der Waals surface area contributed by atoms with Crippen molar-refractivity contribution in [3.63, 3.8) is 0 Å². The van der Waals surface area contributed by atoms with Crippen LogP contribution in [-0.4, -0.2) is 7.11 Å². The maximum atomic E-state index is 6.49. The second kappa shape index (κ2) is 5.68. The number of fused-ring (bicyclic) bond motifs is 1. The number of methoxy groups -OCH3 is 1. The van der Waals surface area contributed by atoms with Gasteiger partial charge < -0.3 is 10.5 Å². The molecule has 1 aliphatic carbocycles. The second-order valence-corrected chi connectivity index (χ2v) is 5.57. The molecule has 0 saturated heterocycles. The summed E-state index contributed by atoms with van der Waals surface area (Å²) in [6, 6.07) is 17.0. The predicted molar refractivity (Wildman–Crippen MR) is 81.9 cm³/mol. The summed E-state index contributed by atoms with van der Waals surface area (Å²) in [6.45, 7) is 0. The Bertz CT molecular complexity index is 593. The van der Waals surface area contributed by atoms with Crippen LogP contribution in [0.2, 0.25) is 0 Å². The first kappa shape index (κ1) is 13.2. The fraction of sp³-hybridized carbons (Fsp3) is 0.333. The van der Waals surface area contributed by atoms with Crippen molar-refractivity contribution >= 4 is 0 Å². The summed E-state index contributed by atoms with van der Waals surface area (Å²) in [5.41, 5.74) is 10.6. The zero-order chi connectivity index (χ0) is 13.9. The number of hydrogen-bond acceptors (Lipinski definition) is 2. The Morgan fingerprint density at radius 1 is 1.10 bits per heavy atom. The smallest absolute Gasteiger partial charge is 0.119 e. The summed E-state index contributed by atoms with van der Waals surface area (Å²) in [4.78, 5) is 0. The van der Waals surface area contributed by atoms with E-state index in [1.54, 1.807) is 7.11 Å². The van der Waals surface area contributed by atoms with E-state index < -0.39 is 0 Å². The van der Waals surface area contributed by atoms with Gasteiger partial charge in [-0.1, -0.05) is 36.4 Å². The third-order valence-electron chi connectivity index (χ3n) is 4.37. The van der Waals surface area contributed by atoms with Gasteiger partial charge in [0.2, 0.25) is 0 Å². The molecule has 0 radical (unpaired) electrons. The third kappa shape index (κ3) is 2.56. The number of nitrogens with two attached hydrogens (primary N) is 1. The van der Waals surface area contributed by atoms with Crippen LogP contribution in [0.25, 0.3) is 0 Å². The lowest BCUT2D eigenvalue weighted by molar-refractivity contribution is 0.378. The molecule has 0 aromatic heterocycles. The predicted octanol–water partition coefficient (Wildman–Crippen LogP) is 3.50. The maximum absolute atomic E-state index is 6.49. The highest BCUT2D eigenvalue weighted by atomic mass is 16.5. The van der Waals surface area contributed by atoms with Crippen LogP contribution >= 0.6 is 0 Å². The zero-order valence-electron chi connectivity index (χ0n) is 11.9. The number of aryl methyl sites for hydroxylation is 1. The first-order chi connectivity index (χ1) is 9.78. The van der Waals surface area contributed by atoms with Gasteiger partial charge in [-0.25, -0.2) is 0 Å². The highest BCUT2D eigenvalue weighted by molar-refractivity contribution is 5.33. The van der Waals surface area contributed by atoms with Gasteiger partial charge in [-0.2, -0.15) is 0 Å². The molecule has 2 atom stereocenters. The number of rotatable bonds is 3. The van der Waals surface area contributed by atoms with Crippen molar-refractivity contribution in [1.82, 2.24) is 0 Å². The normalized spacial score (nSPS) is 19.2. The molecule has 0 fully saturated rings. The molecule has 0 heterocycles. The Hall–Kier alpha value is -1.80. The van der Waals surface area contributed by atoms with Crippen molar-refractivity contribution in [1.29, 1.82) is 0 Å². The van der Waals surface area contributed by atoms with Crippen LogP contribution in [-0.2, 0) is 12.8 Å². The average molecular weight is 267 g/mol. The minimum atomic E-state index is 0.0819. The van der Waals surface area contributed by atoms with Gasteiger partial charge in [0.05, 0.1) is 7.11 Å². The van der Waals surface area contributed by atoms with Crippen LogP contribution in [0.15, 0.2) is 48.5 Å². The molecule has 3 rings (SSSR count). The molecule has 0 saturated carbocycles. The molecule has 2 nitrogen and oxygen atoms in total. The lowest BCUT2D eigenvalue weighted by Gasteiger charge is -2.29. The van der Waals surface area contributed by atoms with Gasteiger partial charge in [0.1, 0.15) is 5.75 Å². The second-order valence-electron chi connectivity index (χ2n) is 5.57. The highest BCUT2D eigenvalue weighted by Gasteiger charge is 2.24. The first-order valence-corrected chi connectivity index (χ1v) is 7.24. The molecule has 20 heavy (non-hydrogen) atoms. The van der Waals surface area contributed by atoms with Gasteiger partial charge in [-0.15, -0.1) is 0 Å².